The molecular formula is C13H16BrN3O3. The molecule has 0 radical (unpaired) electrons. The second kappa shape index (κ2) is 6.81. The van der Waals surface area contributed by atoms with Gasteiger partial charge < -0.3 is 10.6 Å². The van der Waals surface area contributed by atoms with Crippen molar-refractivity contribution in [2.24, 2.45) is 0 Å². The Morgan fingerprint density at radius 3 is 3.00 bits per heavy atom. The molecule has 20 heavy (non-hydrogen) atoms. The van der Waals surface area contributed by atoms with E-state index in [4.69, 9.17) is 0 Å². The molecule has 1 amide bonds. The molecule has 1 atom stereocenters. The highest BCUT2D eigenvalue weighted by atomic mass is 79.9. The van der Waals surface area contributed by atoms with Crippen LogP contribution in [-0.2, 0) is 0 Å². The predicted octanol–water partition coefficient (Wildman–Crippen LogP) is 2.23. The summed E-state index contributed by atoms with van der Waals surface area (Å²) in [6, 6.07) is 4.63. The highest BCUT2D eigenvalue weighted by molar-refractivity contribution is 9.10. The van der Waals surface area contributed by atoms with Crippen LogP contribution in [-0.4, -0.2) is 30.0 Å². The summed E-state index contributed by atoms with van der Waals surface area (Å²) in [6.45, 7) is 1.60. The van der Waals surface area contributed by atoms with Crippen LogP contribution in [0.15, 0.2) is 22.7 Å². The molecule has 1 saturated heterocycles. The molecule has 2 N–H and O–H groups in total. The third-order valence-electron chi connectivity index (χ3n) is 3.35. The minimum Gasteiger partial charge on any atom is -0.352 e. The van der Waals surface area contributed by atoms with Gasteiger partial charge in [-0.05, 0) is 47.8 Å². The first-order valence-corrected chi connectivity index (χ1v) is 7.33. The summed E-state index contributed by atoms with van der Waals surface area (Å²) >= 11 is 3.24. The third kappa shape index (κ3) is 3.77. The fourth-order valence-electron chi connectivity index (χ4n) is 2.26. The first kappa shape index (κ1) is 14.9. The Labute approximate surface area is 125 Å². The zero-order valence-electron chi connectivity index (χ0n) is 10.9. The van der Waals surface area contributed by atoms with Crippen LogP contribution in [0.3, 0.4) is 0 Å². The zero-order chi connectivity index (χ0) is 14.5. The highest BCUT2D eigenvalue weighted by Gasteiger charge is 2.17. The molecule has 2 rings (SSSR count). The molecule has 0 saturated carbocycles. The average Bonchev–Trinajstić information content (AvgIpc) is 2.92. The first-order valence-electron chi connectivity index (χ1n) is 6.53. The third-order valence-corrected chi connectivity index (χ3v) is 4.04. The van der Waals surface area contributed by atoms with E-state index in [9.17, 15) is 14.9 Å². The van der Waals surface area contributed by atoms with E-state index in [1.165, 1.54) is 24.6 Å². The number of benzene rings is 1. The number of carbonyl (C=O) groups is 1. The van der Waals surface area contributed by atoms with Crippen LogP contribution in [0.4, 0.5) is 5.69 Å². The maximum Gasteiger partial charge on any atom is 0.270 e. The number of nitro groups is 1. The normalized spacial score (nSPS) is 17.9. The number of carbonyl (C=O) groups excluding carboxylic acids is 1. The molecule has 108 valence electrons. The van der Waals surface area contributed by atoms with E-state index < -0.39 is 4.92 Å². The smallest absolute Gasteiger partial charge is 0.270 e. The summed E-state index contributed by atoms with van der Waals surface area (Å²) in [6.07, 6.45) is 3.18. The van der Waals surface area contributed by atoms with Crippen LogP contribution < -0.4 is 10.6 Å². The Bertz CT molecular complexity index is 516. The fourth-order valence-corrected chi connectivity index (χ4v) is 2.69. The number of nitro benzene ring substituents is 1. The van der Waals surface area contributed by atoms with Crippen LogP contribution >= 0.6 is 15.9 Å². The number of hydrogen-bond donors (Lipinski definition) is 2. The maximum absolute atomic E-state index is 12.0. The van der Waals surface area contributed by atoms with Gasteiger partial charge in [-0.2, -0.15) is 0 Å². The molecule has 1 aliphatic rings. The van der Waals surface area contributed by atoms with Crippen molar-refractivity contribution in [1.29, 1.82) is 0 Å². The van der Waals surface area contributed by atoms with E-state index in [2.05, 4.69) is 26.6 Å². The van der Waals surface area contributed by atoms with E-state index in [1.807, 2.05) is 0 Å². The van der Waals surface area contributed by atoms with E-state index in [-0.39, 0.29) is 11.6 Å². The van der Waals surface area contributed by atoms with Crippen molar-refractivity contribution in [3.05, 3.63) is 38.3 Å². The van der Waals surface area contributed by atoms with Crippen molar-refractivity contribution < 1.29 is 9.72 Å². The number of rotatable bonds is 5. The van der Waals surface area contributed by atoms with E-state index >= 15 is 0 Å². The molecule has 1 fully saturated rings. The minimum absolute atomic E-state index is 0.0872. The van der Waals surface area contributed by atoms with Gasteiger partial charge in [0, 0.05) is 29.2 Å². The van der Waals surface area contributed by atoms with Crippen molar-refractivity contribution >= 4 is 27.5 Å². The average molecular weight is 342 g/mol. The molecule has 7 heteroatoms. The molecule has 1 heterocycles. The van der Waals surface area contributed by atoms with Gasteiger partial charge in [0.15, 0.2) is 0 Å². The summed E-state index contributed by atoms with van der Waals surface area (Å²) in [5.41, 5.74) is 0.203. The number of nitrogens with one attached hydrogen (secondary N) is 2. The molecule has 0 unspecified atom stereocenters. The lowest BCUT2D eigenvalue weighted by molar-refractivity contribution is -0.384. The van der Waals surface area contributed by atoms with Gasteiger partial charge >= 0.3 is 0 Å². The monoisotopic (exact) mass is 341 g/mol. The van der Waals surface area contributed by atoms with Crippen LogP contribution in [0.2, 0.25) is 0 Å². The van der Waals surface area contributed by atoms with Crippen LogP contribution in [0, 0.1) is 10.1 Å². The van der Waals surface area contributed by atoms with Crippen molar-refractivity contribution in [3.8, 4) is 0 Å². The number of non-ortho nitro benzene ring substituents is 1. The molecule has 0 aliphatic carbocycles. The Morgan fingerprint density at radius 1 is 1.55 bits per heavy atom. The fraction of sp³-hybridized carbons (Fsp3) is 0.462. The first-order chi connectivity index (χ1) is 9.58. The van der Waals surface area contributed by atoms with Gasteiger partial charge in [0.25, 0.3) is 11.6 Å². The minimum atomic E-state index is -0.508. The molecule has 1 aromatic carbocycles. The van der Waals surface area contributed by atoms with Crippen LogP contribution in [0.25, 0.3) is 0 Å². The molecule has 1 aromatic rings. The summed E-state index contributed by atoms with van der Waals surface area (Å²) in [4.78, 5) is 22.2. The summed E-state index contributed by atoms with van der Waals surface area (Å²) in [5.74, 6) is -0.293. The maximum atomic E-state index is 12.0. The van der Waals surface area contributed by atoms with Gasteiger partial charge in [-0.15, -0.1) is 0 Å². The van der Waals surface area contributed by atoms with Crippen LogP contribution in [0.5, 0.6) is 0 Å². The van der Waals surface area contributed by atoms with Gasteiger partial charge in [0.2, 0.25) is 0 Å². The summed E-state index contributed by atoms with van der Waals surface area (Å²) in [7, 11) is 0. The van der Waals surface area contributed by atoms with Crippen molar-refractivity contribution in [1.82, 2.24) is 10.6 Å². The number of halogens is 1. The number of amides is 1. The summed E-state index contributed by atoms with van der Waals surface area (Å²) < 4.78 is 0.555. The molecular weight excluding hydrogens is 326 g/mol. The van der Waals surface area contributed by atoms with Gasteiger partial charge in [0.1, 0.15) is 0 Å². The van der Waals surface area contributed by atoms with Gasteiger partial charge in [-0.25, -0.2) is 0 Å². The lowest BCUT2D eigenvalue weighted by Crippen LogP contribution is -2.30. The zero-order valence-corrected chi connectivity index (χ0v) is 12.5. The largest absolute Gasteiger partial charge is 0.352 e. The lowest BCUT2D eigenvalue weighted by Gasteiger charge is -2.11. The topological polar surface area (TPSA) is 84.3 Å². The SMILES string of the molecule is O=C(NCC[C@@H]1CCCN1)c1cc([N+](=O)[O-])ccc1Br. The number of hydrogen-bond acceptors (Lipinski definition) is 4. The van der Waals surface area contributed by atoms with Gasteiger partial charge in [0.05, 0.1) is 10.5 Å². The molecule has 0 spiro atoms. The van der Waals surface area contributed by atoms with Crippen LogP contribution in [0.1, 0.15) is 29.6 Å². The van der Waals surface area contributed by atoms with Gasteiger partial charge in [-0.3, -0.25) is 14.9 Å². The Hall–Kier alpha value is -1.47. The van der Waals surface area contributed by atoms with E-state index in [1.54, 1.807) is 0 Å². The standard InChI is InChI=1S/C13H16BrN3O3/c14-12-4-3-10(17(19)20)8-11(12)13(18)16-7-5-9-2-1-6-15-9/h3-4,8-9,15H,1-2,5-7H2,(H,16,18)/t9-/m0/s1. The highest BCUT2D eigenvalue weighted by Crippen LogP contribution is 2.22. The summed E-state index contributed by atoms with van der Waals surface area (Å²) in [5, 5.41) is 16.9. The van der Waals surface area contributed by atoms with Crippen molar-refractivity contribution in [2.45, 2.75) is 25.3 Å². The molecule has 0 bridgehead atoms. The molecule has 6 nitrogen and oxygen atoms in total. The van der Waals surface area contributed by atoms with Crippen molar-refractivity contribution in [3.63, 3.8) is 0 Å². The second-order valence-electron chi connectivity index (χ2n) is 4.76. The Balaban J connectivity index is 1.94. The second-order valence-corrected chi connectivity index (χ2v) is 5.61. The van der Waals surface area contributed by atoms with Gasteiger partial charge in [-0.1, -0.05) is 0 Å². The molecule has 0 aromatic heterocycles. The predicted molar refractivity (Wildman–Crippen MR) is 78.8 cm³/mol. The quantitative estimate of drug-likeness (QED) is 0.635. The van der Waals surface area contributed by atoms with E-state index in [0.29, 0.717) is 22.6 Å². The molecule has 1 aliphatic heterocycles. The van der Waals surface area contributed by atoms with Crippen molar-refractivity contribution in [2.75, 3.05) is 13.1 Å². The van der Waals surface area contributed by atoms with E-state index in [0.717, 1.165) is 19.4 Å². The number of nitrogens with zero attached hydrogens (tertiary/aromatic N) is 1. The Kier molecular flexibility index (Phi) is 5.08. The lowest BCUT2D eigenvalue weighted by atomic mass is 10.1. The Morgan fingerprint density at radius 2 is 2.35 bits per heavy atom.